The molecule has 124 valence electrons. The van der Waals surface area contributed by atoms with Crippen LogP contribution in [0.25, 0.3) is 0 Å². The monoisotopic (exact) mass is 318 g/mol. The van der Waals surface area contributed by atoms with E-state index in [1.54, 1.807) is 10.9 Å². The van der Waals surface area contributed by atoms with Gasteiger partial charge in [-0.3, -0.25) is 14.3 Å². The first-order valence-corrected chi connectivity index (χ1v) is 8.26. The summed E-state index contributed by atoms with van der Waals surface area (Å²) in [4.78, 5) is 29.2. The fourth-order valence-corrected chi connectivity index (χ4v) is 4.04. The maximum Gasteiger partial charge on any atom is 0.235 e. The quantitative estimate of drug-likeness (QED) is 0.792. The van der Waals surface area contributed by atoms with Gasteiger partial charge in [0.05, 0.1) is 29.8 Å². The highest BCUT2D eigenvalue weighted by Gasteiger charge is 2.52. The molecular formula is C16H22N4O3. The van der Waals surface area contributed by atoms with Crippen molar-refractivity contribution in [3.63, 3.8) is 0 Å². The number of carbonyl (C=O) groups excluding carboxylic acids is 2. The molecule has 7 nitrogen and oxygen atoms in total. The number of ether oxygens (including phenoxy) is 1. The van der Waals surface area contributed by atoms with Crippen molar-refractivity contribution in [1.82, 2.24) is 14.7 Å². The van der Waals surface area contributed by atoms with Crippen molar-refractivity contribution in [1.29, 1.82) is 0 Å². The molecule has 0 saturated carbocycles. The number of aryl methyl sites for hydroxylation is 1. The molecule has 3 aliphatic rings. The lowest BCUT2D eigenvalue weighted by molar-refractivity contribution is -0.135. The van der Waals surface area contributed by atoms with E-state index < -0.39 is 5.41 Å². The molecule has 23 heavy (non-hydrogen) atoms. The Morgan fingerprint density at radius 1 is 1.39 bits per heavy atom. The molecular weight excluding hydrogens is 296 g/mol. The summed E-state index contributed by atoms with van der Waals surface area (Å²) in [5, 5.41) is 4.15. The summed E-state index contributed by atoms with van der Waals surface area (Å²) in [7, 11) is 1.85. The molecule has 3 saturated heterocycles. The van der Waals surface area contributed by atoms with Gasteiger partial charge in [-0.05, 0) is 19.3 Å². The third kappa shape index (κ3) is 2.34. The molecule has 0 unspecified atom stereocenters. The number of amides is 2. The van der Waals surface area contributed by atoms with Crippen LogP contribution in [0.15, 0.2) is 12.4 Å². The lowest BCUT2D eigenvalue weighted by Crippen LogP contribution is -2.40. The number of rotatable bonds is 2. The van der Waals surface area contributed by atoms with E-state index in [0.717, 1.165) is 24.9 Å². The highest BCUT2D eigenvalue weighted by atomic mass is 16.5. The van der Waals surface area contributed by atoms with Crippen LogP contribution in [-0.2, 0) is 21.4 Å². The van der Waals surface area contributed by atoms with Gasteiger partial charge in [0.2, 0.25) is 11.8 Å². The van der Waals surface area contributed by atoms with E-state index in [-0.39, 0.29) is 17.7 Å². The fourth-order valence-electron chi connectivity index (χ4n) is 4.04. The van der Waals surface area contributed by atoms with E-state index in [4.69, 9.17) is 4.74 Å². The SMILES string of the molecule is Cn1cc(N2CC[C@]3(CCN(C(=O)[C@@H]4CCOC4)C3)C2=O)cn1. The summed E-state index contributed by atoms with van der Waals surface area (Å²) in [6, 6.07) is 0. The lowest BCUT2D eigenvalue weighted by Gasteiger charge is -2.24. The Morgan fingerprint density at radius 2 is 2.22 bits per heavy atom. The van der Waals surface area contributed by atoms with Crippen molar-refractivity contribution in [2.45, 2.75) is 19.3 Å². The van der Waals surface area contributed by atoms with E-state index in [1.165, 1.54) is 0 Å². The van der Waals surface area contributed by atoms with Crippen LogP contribution in [0.5, 0.6) is 0 Å². The second-order valence-corrected chi connectivity index (χ2v) is 6.93. The van der Waals surface area contributed by atoms with Crippen LogP contribution in [0, 0.1) is 11.3 Å². The van der Waals surface area contributed by atoms with Gasteiger partial charge >= 0.3 is 0 Å². The Balaban J connectivity index is 1.47. The highest BCUT2D eigenvalue weighted by Crippen LogP contribution is 2.42. The molecule has 0 N–H and O–H groups in total. The molecule has 4 rings (SSSR count). The van der Waals surface area contributed by atoms with Gasteiger partial charge in [-0.25, -0.2) is 0 Å². The number of anilines is 1. The Morgan fingerprint density at radius 3 is 2.91 bits per heavy atom. The van der Waals surface area contributed by atoms with Crippen molar-refractivity contribution in [2.24, 2.45) is 18.4 Å². The molecule has 1 spiro atoms. The molecule has 3 fully saturated rings. The Hall–Kier alpha value is -1.89. The third-order valence-electron chi connectivity index (χ3n) is 5.46. The minimum absolute atomic E-state index is 0.0175. The van der Waals surface area contributed by atoms with Crippen LogP contribution in [0.1, 0.15) is 19.3 Å². The van der Waals surface area contributed by atoms with E-state index >= 15 is 0 Å². The molecule has 2 amide bonds. The van der Waals surface area contributed by atoms with Gasteiger partial charge in [-0.1, -0.05) is 0 Å². The summed E-state index contributed by atoms with van der Waals surface area (Å²) in [6.07, 6.45) is 5.97. The lowest BCUT2D eigenvalue weighted by atomic mass is 9.85. The second-order valence-electron chi connectivity index (χ2n) is 6.93. The molecule has 7 heteroatoms. The number of hydrogen-bond donors (Lipinski definition) is 0. The number of nitrogens with zero attached hydrogens (tertiary/aromatic N) is 4. The first-order chi connectivity index (χ1) is 11.1. The number of aromatic nitrogens is 2. The Labute approximate surface area is 135 Å². The predicted molar refractivity (Wildman–Crippen MR) is 82.7 cm³/mol. The maximum atomic E-state index is 13.0. The average Bonchev–Trinajstić information content (AvgIpc) is 3.30. The Bertz CT molecular complexity index is 637. The first-order valence-electron chi connectivity index (χ1n) is 8.26. The summed E-state index contributed by atoms with van der Waals surface area (Å²) >= 11 is 0. The van der Waals surface area contributed by atoms with E-state index in [0.29, 0.717) is 32.8 Å². The molecule has 1 aromatic rings. The van der Waals surface area contributed by atoms with Crippen molar-refractivity contribution >= 4 is 17.5 Å². The van der Waals surface area contributed by atoms with Gasteiger partial charge in [-0.2, -0.15) is 5.10 Å². The zero-order valence-corrected chi connectivity index (χ0v) is 13.4. The smallest absolute Gasteiger partial charge is 0.235 e. The van der Waals surface area contributed by atoms with Crippen molar-refractivity contribution in [2.75, 3.05) is 37.7 Å². The topological polar surface area (TPSA) is 67.7 Å². The summed E-state index contributed by atoms with van der Waals surface area (Å²) in [5.74, 6) is 0.284. The molecule has 3 aliphatic heterocycles. The van der Waals surface area contributed by atoms with E-state index in [2.05, 4.69) is 5.10 Å². The molecule has 2 atom stereocenters. The number of carbonyl (C=O) groups is 2. The van der Waals surface area contributed by atoms with Gasteiger partial charge in [0.1, 0.15) is 0 Å². The van der Waals surface area contributed by atoms with Crippen molar-refractivity contribution in [3.8, 4) is 0 Å². The Kier molecular flexibility index (Phi) is 3.41. The maximum absolute atomic E-state index is 13.0. The molecule has 4 heterocycles. The first kappa shape index (κ1) is 14.7. The van der Waals surface area contributed by atoms with Crippen LogP contribution in [0.4, 0.5) is 5.69 Å². The molecule has 0 bridgehead atoms. The van der Waals surface area contributed by atoms with Crippen LogP contribution in [-0.4, -0.2) is 59.3 Å². The van der Waals surface area contributed by atoms with Gasteiger partial charge in [0.25, 0.3) is 0 Å². The van der Waals surface area contributed by atoms with Crippen LogP contribution < -0.4 is 4.90 Å². The summed E-state index contributed by atoms with van der Waals surface area (Å²) in [6.45, 7) is 3.14. The third-order valence-corrected chi connectivity index (χ3v) is 5.46. The van der Waals surface area contributed by atoms with E-state index in [1.807, 2.05) is 23.0 Å². The standard InChI is InChI=1S/C16H22N4O3/c1-18-9-13(8-17-18)20-6-4-16(15(20)22)3-5-19(11-16)14(21)12-2-7-23-10-12/h8-9,12H,2-7,10-11H2,1H3/t12-,16+/m1/s1. The van der Waals surface area contributed by atoms with Gasteiger partial charge in [-0.15, -0.1) is 0 Å². The fraction of sp³-hybridized carbons (Fsp3) is 0.688. The van der Waals surface area contributed by atoms with E-state index in [9.17, 15) is 9.59 Å². The number of hydrogen-bond acceptors (Lipinski definition) is 4. The highest BCUT2D eigenvalue weighted by molar-refractivity contribution is 6.00. The minimum Gasteiger partial charge on any atom is -0.381 e. The second kappa shape index (κ2) is 5.33. The zero-order valence-electron chi connectivity index (χ0n) is 13.4. The molecule has 0 radical (unpaired) electrons. The van der Waals surface area contributed by atoms with Crippen molar-refractivity contribution in [3.05, 3.63) is 12.4 Å². The largest absolute Gasteiger partial charge is 0.381 e. The van der Waals surface area contributed by atoms with Gasteiger partial charge in [0.15, 0.2) is 0 Å². The molecule has 0 aromatic carbocycles. The molecule has 0 aliphatic carbocycles. The van der Waals surface area contributed by atoms with Gasteiger partial charge < -0.3 is 14.5 Å². The molecule has 1 aromatic heterocycles. The van der Waals surface area contributed by atoms with Gasteiger partial charge in [0, 0.05) is 39.5 Å². The normalized spacial score (nSPS) is 30.8. The number of likely N-dealkylation sites (tertiary alicyclic amines) is 1. The summed E-state index contributed by atoms with van der Waals surface area (Å²) in [5.41, 5.74) is 0.452. The summed E-state index contributed by atoms with van der Waals surface area (Å²) < 4.78 is 7.03. The van der Waals surface area contributed by atoms with Crippen LogP contribution in [0.2, 0.25) is 0 Å². The average molecular weight is 318 g/mol. The van der Waals surface area contributed by atoms with Crippen LogP contribution >= 0.6 is 0 Å². The minimum atomic E-state index is -0.398. The predicted octanol–water partition coefficient (Wildman–Crippen LogP) is 0.412. The van der Waals surface area contributed by atoms with Crippen LogP contribution in [0.3, 0.4) is 0 Å². The van der Waals surface area contributed by atoms with Crippen molar-refractivity contribution < 1.29 is 14.3 Å². The zero-order chi connectivity index (χ0) is 16.0.